The number of nitrogens with zero attached hydrogens (tertiary/aromatic N) is 2. The van der Waals surface area contributed by atoms with Crippen LogP contribution in [0.4, 0.5) is 13.2 Å². The topological polar surface area (TPSA) is 63.1 Å². The molecule has 18 heavy (non-hydrogen) atoms. The van der Waals surface area contributed by atoms with Crippen LogP contribution >= 0.6 is 11.6 Å². The van der Waals surface area contributed by atoms with E-state index < -0.39 is 23.4 Å². The summed E-state index contributed by atoms with van der Waals surface area (Å²) in [5.74, 6) is -1.72. The minimum Gasteiger partial charge on any atom is -0.478 e. The number of carbonyl (C=O) groups is 1. The van der Waals surface area contributed by atoms with Gasteiger partial charge >= 0.3 is 12.1 Å². The zero-order valence-corrected chi connectivity index (χ0v) is 9.25. The molecule has 0 aliphatic heterocycles. The Balaban J connectivity index is 2.81. The lowest BCUT2D eigenvalue weighted by Gasteiger charge is -2.10. The van der Waals surface area contributed by atoms with Gasteiger partial charge in [0, 0.05) is 0 Å². The molecule has 0 radical (unpaired) electrons. The molecular formula is C10H4ClF3N2O2. The molecule has 2 rings (SSSR count). The minimum atomic E-state index is -4.85. The molecule has 0 fully saturated rings. The van der Waals surface area contributed by atoms with Crippen molar-refractivity contribution in [3.05, 3.63) is 34.6 Å². The second-order valence-corrected chi connectivity index (χ2v) is 3.75. The van der Waals surface area contributed by atoms with Crippen molar-refractivity contribution < 1.29 is 23.1 Å². The minimum absolute atomic E-state index is 0.00657. The number of pyridine rings is 2. The van der Waals surface area contributed by atoms with E-state index in [4.69, 9.17) is 16.7 Å². The second kappa shape index (κ2) is 4.09. The first kappa shape index (κ1) is 12.6. The van der Waals surface area contributed by atoms with Crippen molar-refractivity contribution in [1.29, 1.82) is 0 Å². The molecule has 0 unspecified atom stereocenters. The Labute approximate surface area is 103 Å². The van der Waals surface area contributed by atoms with E-state index in [-0.39, 0.29) is 16.2 Å². The molecule has 2 aromatic heterocycles. The number of alkyl halides is 3. The normalized spacial score (nSPS) is 11.8. The van der Waals surface area contributed by atoms with Gasteiger partial charge in [0.25, 0.3) is 0 Å². The van der Waals surface area contributed by atoms with Gasteiger partial charge < -0.3 is 5.11 Å². The average molecular weight is 277 g/mol. The highest BCUT2D eigenvalue weighted by Crippen LogP contribution is 2.32. The number of carboxylic acids is 1. The van der Waals surface area contributed by atoms with E-state index in [9.17, 15) is 18.0 Å². The van der Waals surface area contributed by atoms with Crippen LogP contribution in [0.1, 0.15) is 16.1 Å². The van der Waals surface area contributed by atoms with Gasteiger partial charge in [0.1, 0.15) is 5.15 Å². The zero-order chi connectivity index (χ0) is 13.5. The third-order valence-electron chi connectivity index (χ3n) is 2.14. The van der Waals surface area contributed by atoms with Crippen LogP contribution in [0.25, 0.3) is 11.0 Å². The van der Waals surface area contributed by atoms with Gasteiger partial charge in [-0.05, 0) is 18.2 Å². The van der Waals surface area contributed by atoms with Gasteiger partial charge in [-0.15, -0.1) is 0 Å². The van der Waals surface area contributed by atoms with E-state index in [1.54, 1.807) is 0 Å². The van der Waals surface area contributed by atoms with E-state index >= 15 is 0 Å². The van der Waals surface area contributed by atoms with Crippen LogP contribution in [0.15, 0.2) is 18.2 Å². The third-order valence-corrected chi connectivity index (χ3v) is 2.35. The number of carboxylic acid groups (broad SMARTS) is 1. The van der Waals surface area contributed by atoms with Crippen molar-refractivity contribution in [2.45, 2.75) is 6.18 Å². The van der Waals surface area contributed by atoms with Gasteiger partial charge in [0.2, 0.25) is 0 Å². The van der Waals surface area contributed by atoms with E-state index in [0.29, 0.717) is 0 Å². The number of hydrogen-bond acceptors (Lipinski definition) is 3. The molecule has 0 aromatic carbocycles. The lowest BCUT2D eigenvalue weighted by molar-refractivity contribution is -0.141. The molecule has 0 saturated carbocycles. The molecule has 0 spiro atoms. The number of aromatic carboxylic acids is 1. The standard InChI is InChI=1S/C10H4ClF3N2O2/c11-7-2-1-5-6(15-7)3-4(9(17)18)8(16-5)10(12,13)14/h1-3H,(H,17,18). The molecule has 0 atom stereocenters. The number of aromatic nitrogens is 2. The first-order chi connectivity index (χ1) is 8.29. The van der Waals surface area contributed by atoms with Gasteiger partial charge in [-0.25, -0.2) is 14.8 Å². The Morgan fingerprint density at radius 3 is 2.44 bits per heavy atom. The molecular weight excluding hydrogens is 273 g/mol. The quantitative estimate of drug-likeness (QED) is 0.813. The summed E-state index contributed by atoms with van der Waals surface area (Å²) < 4.78 is 37.9. The number of halogens is 4. The van der Waals surface area contributed by atoms with E-state index in [1.165, 1.54) is 12.1 Å². The molecule has 0 saturated heterocycles. The summed E-state index contributed by atoms with van der Waals surface area (Å²) >= 11 is 5.57. The molecule has 0 amide bonds. The molecule has 2 heterocycles. The maximum absolute atomic E-state index is 12.6. The summed E-state index contributed by atoms with van der Waals surface area (Å²) in [5, 5.41) is 8.80. The molecule has 1 N–H and O–H groups in total. The van der Waals surface area contributed by atoms with Crippen molar-refractivity contribution in [3.63, 3.8) is 0 Å². The monoisotopic (exact) mass is 276 g/mol. The van der Waals surface area contributed by atoms with Crippen LogP contribution in [0, 0.1) is 0 Å². The first-order valence-electron chi connectivity index (χ1n) is 4.57. The van der Waals surface area contributed by atoms with Gasteiger partial charge in [-0.2, -0.15) is 13.2 Å². The smallest absolute Gasteiger partial charge is 0.434 e. The Morgan fingerprint density at radius 1 is 1.22 bits per heavy atom. The zero-order valence-electron chi connectivity index (χ0n) is 8.49. The fourth-order valence-corrected chi connectivity index (χ4v) is 1.56. The Morgan fingerprint density at radius 2 is 1.89 bits per heavy atom. The van der Waals surface area contributed by atoms with Crippen molar-refractivity contribution >= 4 is 28.6 Å². The molecule has 0 aliphatic rings. The summed E-state index contributed by atoms with van der Waals surface area (Å²) in [6.45, 7) is 0. The van der Waals surface area contributed by atoms with Crippen molar-refractivity contribution in [2.75, 3.05) is 0 Å². The molecule has 0 bridgehead atoms. The Hall–Kier alpha value is -1.89. The Kier molecular flexibility index (Phi) is 2.86. The number of fused-ring (bicyclic) bond motifs is 1. The molecule has 2 aromatic rings. The van der Waals surface area contributed by atoms with Gasteiger partial charge in [0.15, 0.2) is 5.69 Å². The maximum atomic E-state index is 12.6. The Bertz CT molecular complexity index is 643. The lowest BCUT2D eigenvalue weighted by Crippen LogP contribution is -2.15. The summed E-state index contributed by atoms with van der Waals surface area (Å²) in [6.07, 6.45) is -4.85. The lowest BCUT2D eigenvalue weighted by atomic mass is 10.1. The highest BCUT2D eigenvalue weighted by Gasteiger charge is 2.37. The van der Waals surface area contributed by atoms with Crippen molar-refractivity contribution in [3.8, 4) is 0 Å². The highest BCUT2D eigenvalue weighted by molar-refractivity contribution is 6.29. The van der Waals surface area contributed by atoms with Crippen LogP contribution < -0.4 is 0 Å². The van der Waals surface area contributed by atoms with E-state index in [0.717, 1.165) is 6.07 Å². The van der Waals surface area contributed by atoms with Crippen molar-refractivity contribution in [1.82, 2.24) is 9.97 Å². The highest BCUT2D eigenvalue weighted by atomic mass is 35.5. The molecule has 4 nitrogen and oxygen atoms in total. The summed E-state index contributed by atoms with van der Waals surface area (Å²) in [5.41, 5.74) is -2.49. The first-order valence-corrected chi connectivity index (χ1v) is 4.94. The summed E-state index contributed by atoms with van der Waals surface area (Å²) in [6, 6.07) is 3.32. The molecule has 94 valence electrons. The van der Waals surface area contributed by atoms with Gasteiger partial charge in [0.05, 0.1) is 16.6 Å². The molecule has 8 heteroatoms. The van der Waals surface area contributed by atoms with Gasteiger partial charge in [-0.1, -0.05) is 11.6 Å². The maximum Gasteiger partial charge on any atom is 0.434 e. The van der Waals surface area contributed by atoms with Crippen LogP contribution in [0.3, 0.4) is 0 Å². The predicted octanol–water partition coefficient (Wildman–Crippen LogP) is 3.00. The number of rotatable bonds is 1. The summed E-state index contributed by atoms with van der Waals surface area (Å²) in [7, 11) is 0. The van der Waals surface area contributed by atoms with Crippen LogP contribution in [-0.2, 0) is 6.18 Å². The van der Waals surface area contributed by atoms with Crippen LogP contribution in [0.5, 0.6) is 0 Å². The second-order valence-electron chi connectivity index (χ2n) is 3.36. The largest absolute Gasteiger partial charge is 0.478 e. The van der Waals surface area contributed by atoms with Gasteiger partial charge in [-0.3, -0.25) is 0 Å². The predicted molar refractivity (Wildman–Crippen MR) is 56.5 cm³/mol. The number of hydrogen-bond donors (Lipinski definition) is 1. The fraction of sp³-hybridized carbons (Fsp3) is 0.100. The molecule has 0 aliphatic carbocycles. The summed E-state index contributed by atoms with van der Waals surface area (Å²) in [4.78, 5) is 17.8. The van der Waals surface area contributed by atoms with E-state index in [1.807, 2.05) is 0 Å². The average Bonchev–Trinajstić information content (AvgIpc) is 2.25. The van der Waals surface area contributed by atoms with Crippen LogP contribution in [0.2, 0.25) is 5.15 Å². The third kappa shape index (κ3) is 2.21. The SMILES string of the molecule is O=C(O)c1cc2nc(Cl)ccc2nc1C(F)(F)F. The van der Waals surface area contributed by atoms with Crippen molar-refractivity contribution in [2.24, 2.45) is 0 Å². The van der Waals surface area contributed by atoms with E-state index in [2.05, 4.69) is 9.97 Å². The van der Waals surface area contributed by atoms with Crippen LogP contribution in [-0.4, -0.2) is 21.0 Å². The fourth-order valence-electron chi connectivity index (χ4n) is 1.41.